The zero-order valence-corrected chi connectivity index (χ0v) is 18.1. The van der Waals surface area contributed by atoms with Crippen LogP contribution in [-0.2, 0) is 18.3 Å². The second-order valence-corrected chi connectivity index (χ2v) is 6.85. The normalized spacial score (nSPS) is 12.5. The Kier molecular flexibility index (Phi) is 7.21. The van der Waals surface area contributed by atoms with Gasteiger partial charge in [0.15, 0.2) is 0 Å². The minimum absolute atomic E-state index is 0.339. The molecule has 1 heterocycles. The second kappa shape index (κ2) is 10.2. The number of oxime groups is 1. The molecule has 31 heavy (non-hydrogen) atoms. The highest BCUT2D eigenvalue weighted by molar-refractivity contribution is 6.41. The van der Waals surface area contributed by atoms with Gasteiger partial charge in [-0.1, -0.05) is 47.6 Å². The van der Waals surface area contributed by atoms with Crippen molar-refractivity contribution in [2.75, 3.05) is 6.61 Å². The van der Waals surface area contributed by atoms with Crippen LogP contribution in [0.1, 0.15) is 30.5 Å². The van der Waals surface area contributed by atoms with Gasteiger partial charge in [-0.15, -0.1) is 0 Å². The highest BCUT2D eigenvalue weighted by atomic mass is 16.6. The van der Waals surface area contributed by atoms with Gasteiger partial charge >= 0.3 is 5.69 Å². The molecule has 2 aromatic carbocycles. The molecule has 9 nitrogen and oxygen atoms in total. The number of rotatable bonds is 8. The molecule has 9 heteroatoms. The molecule has 160 valence electrons. The SMILES string of the molecule is CCO/N=C(Cc1ccccc1)/C(C)=N/N=C/c1c(C)cccc1-n1nnn(C)c1=O. The third kappa shape index (κ3) is 5.39. The molecule has 3 aromatic rings. The zero-order valence-electron chi connectivity index (χ0n) is 18.1. The smallest absolute Gasteiger partial charge is 0.368 e. The fraction of sp³-hybridized carbons (Fsp3) is 0.273. The van der Waals surface area contributed by atoms with Crippen LogP contribution >= 0.6 is 0 Å². The van der Waals surface area contributed by atoms with Crippen molar-refractivity contribution in [2.24, 2.45) is 22.4 Å². The van der Waals surface area contributed by atoms with Crippen LogP contribution in [0.2, 0.25) is 0 Å². The molecule has 0 saturated carbocycles. The molecule has 0 atom stereocenters. The van der Waals surface area contributed by atoms with E-state index in [-0.39, 0.29) is 5.69 Å². The van der Waals surface area contributed by atoms with E-state index in [1.54, 1.807) is 19.3 Å². The molecule has 0 N–H and O–H groups in total. The van der Waals surface area contributed by atoms with E-state index >= 15 is 0 Å². The van der Waals surface area contributed by atoms with Crippen molar-refractivity contribution in [3.63, 3.8) is 0 Å². The van der Waals surface area contributed by atoms with Crippen molar-refractivity contribution in [3.05, 3.63) is 75.7 Å². The summed E-state index contributed by atoms with van der Waals surface area (Å²) in [6.45, 7) is 6.11. The maximum atomic E-state index is 12.3. The molecule has 0 amide bonds. The van der Waals surface area contributed by atoms with E-state index in [9.17, 15) is 4.79 Å². The molecule has 0 aliphatic carbocycles. The molecule has 3 rings (SSSR count). The summed E-state index contributed by atoms with van der Waals surface area (Å²) >= 11 is 0. The molecule has 0 bridgehead atoms. The number of hydrogen-bond acceptors (Lipinski definition) is 7. The molecule has 0 spiro atoms. The average Bonchev–Trinajstić information content (AvgIpc) is 3.11. The van der Waals surface area contributed by atoms with Gasteiger partial charge in [0.25, 0.3) is 0 Å². The first kappa shape index (κ1) is 21.8. The van der Waals surface area contributed by atoms with Crippen molar-refractivity contribution < 1.29 is 4.84 Å². The minimum atomic E-state index is -0.339. The molecule has 0 aliphatic rings. The van der Waals surface area contributed by atoms with Gasteiger partial charge in [0, 0.05) is 19.0 Å². The summed E-state index contributed by atoms with van der Waals surface area (Å²) in [5.41, 5.74) is 4.34. The number of nitrogens with zero attached hydrogens (tertiary/aromatic N) is 7. The van der Waals surface area contributed by atoms with Crippen LogP contribution in [0.5, 0.6) is 0 Å². The van der Waals surface area contributed by atoms with Gasteiger partial charge in [-0.05, 0) is 48.4 Å². The Balaban J connectivity index is 1.90. The van der Waals surface area contributed by atoms with Crippen molar-refractivity contribution in [1.29, 1.82) is 0 Å². The lowest BCUT2D eigenvalue weighted by atomic mass is 10.1. The van der Waals surface area contributed by atoms with E-state index in [1.807, 2.05) is 63.2 Å². The predicted octanol–water partition coefficient (Wildman–Crippen LogP) is 2.70. The van der Waals surface area contributed by atoms with Gasteiger partial charge in [0.05, 0.1) is 17.6 Å². The van der Waals surface area contributed by atoms with Crippen LogP contribution in [0.4, 0.5) is 0 Å². The standard InChI is InChI=1S/C22H25N7O2/c1-5-31-25-20(14-18-11-7-6-8-12-18)17(3)24-23-15-19-16(2)10-9-13-21(19)29-22(30)28(4)26-27-29/h6-13,15H,5,14H2,1-4H3/b23-15+,24-17+,25-20+. The summed E-state index contributed by atoms with van der Waals surface area (Å²) in [5.74, 6) is 0. The summed E-state index contributed by atoms with van der Waals surface area (Å²) in [6.07, 6.45) is 2.19. The van der Waals surface area contributed by atoms with Crippen LogP contribution in [-0.4, -0.2) is 44.0 Å². The quantitative estimate of drug-likeness (QED) is 0.414. The molecule has 0 radical (unpaired) electrons. The highest BCUT2D eigenvalue weighted by Crippen LogP contribution is 2.14. The topological polar surface area (TPSA) is 99.0 Å². The Morgan fingerprint density at radius 1 is 1.13 bits per heavy atom. The third-order valence-corrected chi connectivity index (χ3v) is 4.58. The Morgan fingerprint density at radius 2 is 1.90 bits per heavy atom. The monoisotopic (exact) mass is 419 g/mol. The van der Waals surface area contributed by atoms with Crippen molar-refractivity contribution in [2.45, 2.75) is 27.2 Å². The number of tetrazole rings is 1. The van der Waals surface area contributed by atoms with Gasteiger partial charge in [0.1, 0.15) is 12.3 Å². The van der Waals surface area contributed by atoms with E-state index in [4.69, 9.17) is 4.84 Å². The maximum absolute atomic E-state index is 12.3. The average molecular weight is 419 g/mol. The van der Waals surface area contributed by atoms with Crippen molar-refractivity contribution in [3.8, 4) is 5.69 Å². The molecular formula is C22H25N7O2. The van der Waals surface area contributed by atoms with Gasteiger partial charge < -0.3 is 4.84 Å². The molecule has 0 aliphatic heterocycles. The molecule has 0 fully saturated rings. The predicted molar refractivity (Wildman–Crippen MR) is 121 cm³/mol. The first-order chi connectivity index (χ1) is 15.0. The summed E-state index contributed by atoms with van der Waals surface area (Å²) < 4.78 is 2.41. The van der Waals surface area contributed by atoms with E-state index in [0.717, 1.165) is 16.7 Å². The summed E-state index contributed by atoms with van der Waals surface area (Å²) in [5, 5.41) is 20.5. The Labute approximate surface area is 180 Å². The molecule has 1 aromatic heterocycles. The van der Waals surface area contributed by atoms with E-state index < -0.39 is 0 Å². The lowest BCUT2D eigenvalue weighted by Crippen LogP contribution is -2.23. The lowest BCUT2D eigenvalue weighted by Gasteiger charge is -2.07. The zero-order chi connectivity index (χ0) is 22.2. The van der Waals surface area contributed by atoms with Crippen LogP contribution in [0, 0.1) is 6.92 Å². The minimum Gasteiger partial charge on any atom is -0.396 e. The number of hydrogen-bond donors (Lipinski definition) is 0. The van der Waals surface area contributed by atoms with E-state index in [0.29, 0.717) is 30.1 Å². The first-order valence-corrected chi connectivity index (χ1v) is 9.91. The lowest BCUT2D eigenvalue weighted by molar-refractivity contribution is 0.159. The highest BCUT2D eigenvalue weighted by Gasteiger charge is 2.12. The van der Waals surface area contributed by atoms with Gasteiger partial charge in [-0.2, -0.15) is 19.6 Å². The Bertz CT molecular complexity index is 1170. The van der Waals surface area contributed by atoms with Crippen molar-refractivity contribution in [1.82, 2.24) is 19.8 Å². The molecule has 0 saturated heterocycles. The largest absolute Gasteiger partial charge is 0.396 e. The summed E-state index contributed by atoms with van der Waals surface area (Å²) in [6, 6.07) is 15.5. The second-order valence-electron chi connectivity index (χ2n) is 6.85. The number of aromatic nitrogens is 4. The van der Waals surface area contributed by atoms with Gasteiger partial charge in [-0.25, -0.2) is 4.79 Å². The fourth-order valence-corrected chi connectivity index (χ4v) is 2.87. The van der Waals surface area contributed by atoms with Gasteiger partial charge in [0.2, 0.25) is 0 Å². The van der Waals surface area contributed by atoms with Crippen LogP contribution < -0.4 is 5.69 Å². The first-order valence-electron chi connectivity index (χ1n) is 9.91. The molecular weight excluding hydrogens is 394 g/mol. The Hall–Kier alpha value is -3.88. The summed E-state index contributed by atoms with van der Waals surface area (Å²) in [4.78, 5) is 17.5. The van der Waals surface area contributed by atoms with Gasteiger partial charge in [-0.3, -0.25) is 0 Å². The van der Waals surface area contributed by atoms with Crippen molar-refractivity contribution >= 4 is 17.6 Å². The maximum Gasteiger partial charge on any atom is 0.368 e. The summed E-state index contributed by atoms with van der Waals surface area (Å²) in [7, 11) is 1.55. The number of benzene rings is 2. The van der Waals surface area contributed by atoms with Crippen LogP contribution in [0.25, 0.3) is 5.69 Å². The Morgan fingerprint density at radius 3 is 2.58 bits per heavy atom. The van der Waals surface area contributed by atoms with E-state index in [2.05, 4.69) is 25.8 Å². The molecule has 0 unspecified atom stereocenters. The van der Waals surface area contributed by atoms with E-state index in [1.165, 1.54) is 9.36 Å². The van der Waals surface area contributed by atoms with Crippen LogP contribution in [0.15, 0.2) is 68.7 Å². The third-order valence-electron chi connectivity index (χ3n) is 4.58. The number of aryl methyl sites for hydroxylation is 2. The fourth-order valence-electron chi connectivity index (χ4n) is 2.87. The van der Waals surface area contributed by atoms with Crippen LogP contribution in [0.3, 0.4) is 0 Å².